The van der Waals surface area contributed by atoms with Crippen LogP contribution in [0.25, 0.3) is 0 Å². The maximum absolute atomic E-state index is 6.56. The Labute approximate surface area is 214 Å². The summed E-state index contributed by atoms with van der Waals surface area (Å²) < 4.78 is 24.7. The Morgan fingerprint density at radius 1 is 0.382 bits per heavy atom. The zero-order valence-corrected chi connectivity index (χ0v) is 24.6. The summed E-state index contributed by atoms with van der Waals surface area (Å²) in [6.45, 7) is 9.10. The van der Waals surface area contributed by atoms with Crippen molar-refractivity contribution in [3.63, 3.8) is 0 Å². The fourth-order valence-electron chi connectivity index (χ4n) is 6.41. The van der Waals surface area contributed by atoms with Crippen molar-refractivity contribution in [3.8, 4) is 0 Å². The first kappa shape index (κ1) is 33.8. The molecular formula is C30H62O4. The summed E-state index contributed by atoms with van der Waals surface area (Å²) in [4.78, 5) is 0. The van der Waals surface area contributed by atoms with Crippen molar-refractivity contribution in [2.75, 3.05) is 28.4 Å². The maximum Gasteiger partial charge on any atom is 0.313 e. The Balaban J connectivity index is 5.90. The highest BCUT2D eigenvalue weighted by Crippen LogP contribution is 2.56. The van der Waals surface area contributed by atoms with E-state index in [1.807, 2.05) is 7.11 Å². The molecule has 0 aliphatic rings. The topological polar surface area (TPSA) is 36.9 Å². The summed E-state index contributed by atoms with van der Waals surface area (Å²) in [7, 11) is 6.94. The average molecular weight is 487 g/mol. The summed E-state index contributed by atoms with van der Waals surface area (Å²) in [6, 6.07) is 0. The van der Waals surface area contributed by atoms with Gasteiger partial charge in [0, 0.05) is 33.9 Å². The van der Waals surface area contributed by atoms with Crippen LogP contribution in [0.4, 0.5) is 0 Å². The van der Waals surface area contributed by atoms with Crippen LogP contribution in [-0.2, 0) is 18.9 Å². The zero-order valence-electron chi connectivity index (χ0n) is 24.6. The van der Waals surface area contributed by atoms with Gasteiger partial charge in [-0.05, 0) is 25.7 Å². The van der Waals surface area contributed by atoms with Crippen LogP contribution in [0.2, 0.25) is 0 Å². The standard InChI is InChI=1S/C30H62O4/c1-9-13-15-17-18-19-21-23-27-28(24-11-3,26-22-20-16-14-10-2)29(31-5,25-12-4)30(32-6,33-7)34-8/h9-27H2,1-8H3. The van der Waals surface area contributed by atoms with Gasteiger partial charge in [-0.1, -0.05) is 124 Å². The Kier molecular flexibility index (Phi) is 19.9. The zero-order chi connectivity index (χ0) is 25.8. The number of hydrogen-bond acceptors (Lipinski definition) is 4. The van der Waals surface area contributed by atoms with Gasteiger partial charge < -0.3 is 18.9 Å². The summed E-state index contributed by atoms with van der Waals surface area (Å²) in [5.74, 6) is -1.21. The molecule has 34 heavy (non-hydrogen) atoms. The molecule has 4 heteroatoms. The molecule has 0 radical (unpaired) electrons. The molecule has 206 valence electrons. The first-order valence-corrected chi connectivity index (χ1v) is 14.7. The monoisotopic (exact) mass is 486 g/mol. The average Bonchev–Trinajstić information content (AvgIpc) is 2.85. The van der Waals surface area contributed by atoms with Crippen molar-refractivity contribution in [1.29, 1.82) is 0 Å². The number of hydrogen-bond donors (Lipinski definition) is 0. The van der Waals surface area contributed by atoms with Crippen molar-refractivity contribution >= 4 is 0 Å². The van der Waals surface area contributed by atoms with Gasteiger partial charge in [0.15, 0.2) is 5.60 Å². The first-order chi connectivity index (χ1) is 16.5. The van der Waals surface area contributed by atoms with Crippen LogP contribution in [-0.4, -0.2) is 40.0 Å². The molecule has 0 bridgehead atoms. The quantitative estimate of drug-likeness (QED) is 0.0951. The summed E-state index contributed by atoms with van der Waals surface area (Å²) in [5.41, 5.74) is -0.710. The van der Waals surface area contributed by atoms with Gasteiger partial charge in [-0.3, -0.25) is 0 Å². The smallest absolute Gasteiger partial charge is 0.313 e. The lowest BCUT2D eigenvalue weighted by Gasteiger charge is -2.57. The van der Waals surface area contributed by atoms with E-state index >= 15 is 0 Å². The highest BCUT2D eigenvalue weighted by atomic mass is 16.9. The molecule has 0 aliphatic carbocycles. The summed E-state index contributed by atoms with van der Waals surface area (Å²) in [5, 5.41) is 0. The molecule has 2 atom stereocenters. The molecule has 0 rings (SSSR count). The summed E-state index contributed by atoms with van der Waals surface area (Å²) in [6.07, 6.45) is 23.4. The van der Waals surface area contributed by atoms with Gasteiger partial charge in [-0.25, -0.2) is 0 Å². The first-order valence-electron chi connectivity index (χ1n) is 14.7. The lowest BCUT2D eigenvalue weighted by molar-refractivity contribution is -0.447. The fourth-order valence-corrected chi connectivity index (χ4v) is 6.41. The van der Waals surface area contributed by atoms with E-state index in [9.17, 15) is 0 Å². The van der Waals surface area contributed by atoms with E-state index in [0.717, 1.165) is 38.5 Å². The van der Waals surface area contributed by atoms with Crippen LogP contribution >= 0.6 is 0 Å². The molecule has 0 saturated carbocycles. The molecule has 0 aromatic rings. The minimum atomic E-state index is -1.21. The van der Waals surface area contributed by atoms with E-state index in [1.165, 1.54) is 83.5 Å². The lowest BCUT2D eigenvalue weighted by Crippen LogP contribution is -2.67. The maximum atomic E-state index is 6.56. The number of ether oxygens (including phenoxy) is 4. The van der Waals surface area contributed by atoms with E-state index in [2.05, 4.69) is 27.7 Å². The van der Waals surface area contributed by atoms with Crippen molar-refractivity contribution in [1.82, 2.24) is 0 Å². The van der Waals surface area contributed by atoms with Crippen LogP contribution in [0.5, 0.6) is 0 Å². The third-order valence-electron chi connectivity index (χ3n) is 8.10. The lowest BCUT2D eigenvalue weighted by atomic mass is 9.60. The van der Waals surface area contributed by atoms with E-state index in [-0.39, 0.29) is 5.41 Å². The molecule has 0 spiro atoms. The minimum Gasteiger partial charge on any atom is -0.369 e. The third-order valence-corrected chi connectivity index (χ3v) is 8.10. The molecule has 0 aromatic carbocycles. The van der Waals surface area contributed by atoms with E-state index in [0.29, 0.717) is 0 Å². The second-order valence-electron chi connectivity index (χ2n) is 10.4. The van der Waals surface area contributed by atoms with E-state index < -0.39 is 11.6 Å². The van der Waals surface area contributed by atoms with Crippen LogP contribution < -0.4 is 0 Å². The third kappa shape index (κ3) is 9.37. The summed E-state index contributed by atoms with van der Waals surface area (Å²) >= 11 is 0. The second-order valence-corrected chi connectivity index (χ2v) is 10.4. The predicted molar refractivity (Wildman–Crippen MR) is 146 cm³/mol. The normalized spacial score (nSPS) is 15.9. The van der Waals surface area contributed by atoms with E-state index in [4.69, 9.17) is 18.9 Å². The fraction of sp³-hybridized carbons (Fsp3) is 1.00. The second kappa shape index (κ2) is 20.0. The van der Waals surface area contributed by atoms with Gasteiger partial charge in [0.2, 0.25) is 0 Å². The predicted octanol–water partition coefficient (Wildman–Crippen LogP) is 9.44. The van der Waals surface area contributed by atoms with Gasteiger partial charge in [0.1, 0.15) is 0 Å². The van der Waals surface area contributed by atoms with Crippen molar-refractivity contribution in [2.45, 2.75) is 161 Å². The Hall–Kier alpha value is -0.160. The molecule has 0 heterocycles. The van der Waals surface area contributed by atoms with Gasteiger partial charge in [-0.15, -0.1) is 0 Å². The minimum absolute atomic E-state index is 0.0526. The van der Waals surface area contributed by atoms with Crippen molar-refractivity contribution < 1.29 is 18.9 Å². The molecule has 0 amide bonds. The molecule has 2 unspecified atom stereocenters. The van der Waals surface area contributed by atoms with Crippen LogP contribution in [0, 0.1) is 5.41 Å². The molecule has 0 aromatic heterocycles. The van der Waals surface area contributed by atoms with E-state index in [1.54, 1.807) is 21.3 Å². The number of rotatable bonds is 25. The van der Waals surface area contributed by atoms with Gasteiger partial charge in [0.05, 0.1) is 0 Å². The SMILES string of the molecule is CCCCCCCCCCC(CCC)(CCCCCCC)C(CCC)(OC)C(OC)(OC)OC. The molecule has 0 N–H and O–H groups in total. The van der Waals surface area contributed by atoms with Crippen molar-refractivity contribution in [2.24, 2.45) is 5.41 Å². The molecule has 0 aliphatic heterocycles. The highest BCUT2D eigenvalue weighted by molar-refractivity contribution is 5.06. The molecular weight excluding hydrogens is 424 g/mol. The Morgan fingerprint density at radius 2 is 0.765 bits per heavy atom. The number of methoxy groups -OCH3 is 4. The largest absolute Gasteiger partial charge is 0.369 e. The van der Waals surface area contributed by atoms with Gasteiger partial charge in [-0.2, -0.15) is 0 Å². The number of unbranched alkanes of at least 4 members (excludes halogenated alkanes) is 11. The van der Waals surface area contributed by atoms with Crippen LogP contribution in [0.3, 0.4) is 0 Å². The Morgan fingerprint density at radius 3 is 1.09 bits per heavy atom. The molecule has 0 fully saturated rings. The van der Waals surface area contributed by atoms with Gasteiger partial charge in [0.25, 0.3) is 0 Å². The molecule has 0 saturated heterocycles. The van der Waals surface area contributed by atoms with Crippen LogP contribution in [0.15, 0.2) is 0 Å². The molecule has 4 nitrogen and oxygen atoms in total. The van der Waals surface area contributed by atoms with Crippen molar-refractivity contribution in [3.05, 3.63) is 0 Å². The Bertz CT molecular complexity index is 443. The highest BCUT2D eigenvalue weighted by Gasteiger charge is 2.64. The van der Waals surface area contributed by atoms with Gasteiger partial charge >= 0.3 is 5.97 Å². The van der Waals surface area contributed by atoms with Crippen LogP contribution in [0.1, 0.15) is 150 Å².